The molecule has 0 aromatic rings. The molecule has 0 aromatic heterocycles. The fourth-order valence-corrected chi connectivity index (χ4v) is 1.91. The van der Waals surface area contributed by atoms with Gasteiger partial charge in [-0.15, -0.1) is 0 Å². The van der Waals surface area contributed by atoms with E-state index in [-0.39, 0.29) is 12.0 Å². The van der Waals surface area contributed by atoms with Crippen molar-refractivity contribution in [2.45, 2.75) is 58.4 Å². The third-order valence-corrected chi connectivity index (χ3v) is 3.36. The summed E-state index contributed by atoms with van der Waals surface area (Å²) < 4.78 is 0. The predicted octanol–water partition coefficient (Wildman–Crippen LogP) is 1.67. The van der Waals surface area contributed by atoms with Crippen molar-refractivity contribution in [2.75, 3.05) is 6.54 Å². The minimum atomic E-state index is -0.697. The first-order chi connectivity index (χ1) is 6.96. The van der Waals surface area contributed by atoms with Crippen molar-refractivity contribution in [1.29, 1.82) is 0 Å². The number of carboxylic acid groups (broad SMARTS) is 1. The first-order valence-corrected chi connectivity index (χ1v) is 5.89. The lowest BCUT2D eigenvalue weighted by Gasteiger charge is -2.39. The summed E-state index contributed by atoms with van der Waals surface area (Å²) in [4.78, 5) is 12.7. The van der Waals surface area contributed by atoms with Crippen molar-refractivity contribution in [1.82, 2.24) is 4.81 Å². The molecule has 0 heterocycles. The van der Waals surface area contributed by atoms with E-state index in [1.165, 1.54) is 12.8 Å². The van der Waals surface area contributed by atoms with Gasteiger partial charge in [-0.25, -0.2) is 0 Å². The molecule has 3 nitrogen and oxygen atoms in total. The van der Waals surface area contributed by atoms with Crippen LogP contribution in [0, 0.1) is 0 Å². The zero-order valence-electron chi connectivity index (χ0n) is 10.5. The Bertz CT molecular complexity index is 199. The molecular formula is C11H24BNO2. The third kappa shape index (κ3) is 5.21. The van der Waals surface area contributed by atoms with Crippen molar-refractivity contribution in [2.24, 2.45) is 0 Å². The Kier molecular flexibility index (Phi) is 6.65. The quantitative estimate of drug-likeness (QED) is 0.623. The maximum Gasteiger partial charge on any atom is 0.303 e. The van der Waals surface area contributed by atoms with Crippen molar-refractivity contribution < 1.29 is 9.90 Å². The normalized spacial score (nSPS) is 15.2. The van der Waals surface area contributed by atoms with Crippen LogP contribution in [0.5, 0.6) is 0 Å². The lowest BCUT2D eigenvalue weighted by atomic mass is 9.88. The van der Waals surface area contributed by atoms with Crippen LogP contribution in [0.4, 0.5) is 0 Å². The number of aliphatic carboxylic acids is 1. The van der Waals surface area contributed by atoms with Gasteiger partial charge in [0.1, 0.15) is 0 Å². The molecule has 0 saturated carbocycles. The van der Waals surface area contributed by atoms with Gasteiger partial charge in [0, 0.05) is 12.0 Å². The van der Waals surface area contributed by atoms with E-state index in [1.807, 2.05) is 0 Å². The minimum Gasteiger partial charge on any atom is -0.481 e. The van der Waals surface area contributed by atoms with Gasteiger partial charge < -0.3 is 9.92 Å². The number of hydrogen-bond donors (Lipinski definition) is 1. The van der Waals surface area contributed by atoms with Gasteiger partial charge in [0.05, 0.1) is 0 Å². The van der Waals surface area contributed by atoms with E-state index in [0.29, 0.717) is 0 Å². The summed E-state index contributed by atoms with van der Waals surface area (Å²) in [6, 6.07) is 0. The molecule has 1 unspecified atom stereocenters. The number of carboxylic acids is 1. The van der Waals surface area contributed by atoms with E-state index in [0.717, 1.165) is 19.4 Å². The molecule has 15 heavy (non-hydrogen) atoms. The van der Waals surface area contributed by atoms with Gasteiger partial charge in [-0.2, -0.15) is 0 Å². The summed E-state index contributed by atoms with van der Waals surface area (Å²) in [5.74, 6) is -0.697. The van der Waals surface area contributed by atoms with Crippen molar-refractivity contribution in [3.8, 4) is 0 Å². The molecular weight excluding hydrogens is 189 g/mol. The molecule has 4 heteroatoms. The summed E-state index contributed by atoms with van der Waals surface area (Å²) in [5.41, 5.74) is 0.229. The summed E-state index contributed by atoms with van der Waals surface area (Å²) in [5, 5.41) is 8.57. The summed E-state index contributed by atoms with van der Waals surface area (Å²) >= 11 is 0. The number of rotatable bonds is 8. The maximum absolute atomic E-state index is 10.4. The van der Waals surface area contributed by atoms with Crippen LogP contribution in [0.1, 0.15) is 52.9 Å². The molecule has 0 radical (unpaired) electrons. The Hall–Kier alpha value is -0.505. The average Bonchev–Trinajstić information content (AvgIpc) is 2.17. The molecule has 88 valence electrons. The van der Waals surface area contributed by atoms with E-state index >= 15 is 0 Å². The first kappa shape index (κ1) is 14.5. The fourth-order valence-electron chi connectivity index (χ4n) is 1.91. The number of nitrogens with zero attached hydrogens (tertiary/aromatic N) is 1. The average molecular weight is 213 g/mol. The number of hydrogen-bond acceptors (Lipinski definition) is 2. The SMILES string of the molecule is BN(CCCC(=O)O)C(C)(CC)CCC. The molecule has 0 aliphatic carbocycles. The standard InChI is InChI=1S/C11H24BNO2/c1-4-8-11(3,5-2)13(12)9-6-7-10(14)15/h4-9,12H2,1-3H3,(H,14,15). The van der Waals surface area contributed by atoms with Crippen LogP contribution < -0.4 is 0 Å². The third-order valence-electron chi connectivity index (χ3n) is 3.36. The zero-order valence-corrected chi connectivity index (χ0v) is 10.5. The molecule has 0 aromatic carbocycles. The van der Waals surface area contributed by atoms with E-state index in [4.69, 9.17) is 5.11 Å². The van der Waals surface area contributed by atoms with Gasteiger partial charge in [0.2, 0.25) is 0 Å². The van der Waals surface area contributed by atoms with E-state index < -0.39 is 5.97 Å². The highest BCUT2D eigenvalue weighted by Crippen LogP contribution is 2.23. The van der Waals surface area contributed by atoms with Crippen LogP contribution in [-0.4, -0.2) is 36.0 Å². The topological polar surface area (TPSA) is 40.5 Å². The van der Waals surface area contributed by atoms with Crippen molar-refractivity contribution >= 4 is 14.0 Å². The molecule has 0 aliphatic rings. The molecule has 0 rings (SSSR count). The Labute approximate surface area is 94.3 Å². The Morgan fingerprint density at radius 3 is 2.47 bits per heavy atom. The number of carbonyl (C=O) groups is 1. The van der Waals surface area contributed by atoms with E-state index in [2.05, 4.69) is 33.6 Å². The van der Waals surface area contributed by atoms with Gasteiger partial charge in [0.25, 0.3) is 0 Å². The Balaban J connectivity index is 4.03. The second-order valence-corrected chi connectivity index (χ2v) is 4.52. The minimum absolute atomic E-state index is 0.229. The molecule has 0 fully saturated rings. The van der Waals surface area contributed by atoms with Crippen LogP contribution >= 0.6 is 0 Å². The second-order valence-electron chi connectivity index (χ2n) is 4.52. The summed E-state index contributed by atoms with van der Waals surface area (Å²) in [6.07, 6.45) is 4.48. The van der Waals surface area contributed by atoms with Gasteiger partial charge in [-0.3, -0.25) is 4.79 Å². The highest BCUT2D eigenvalue weighted by Gasteiger charge is 2.25. The summed E-state index contributed by atoms with van der Waals surface area (Å²) in [6.45, 7) is 7.52. The van der Waals surface area contributed by atoms with Gasteiger partial charge in [-0.1, -0.05) is 20.3 Å². The zero-order chi connectivity index (χ0) is 11.9. The molecule has 0 aliphatic heterocycles. The second kappa shape index (κ2) is 6.88. The first-order valence-electron chi connectivity index (χ1n) is 5.89. The molecule has 0 saturated heterocycles. The predicted molar refractivity (Wildman–Crippen MR) is 65.7 cm³/mol. The molecule has 1 atom stereocenters. The highest BCUT2D eigenvalue weighted by atomic mass is 16.4. The lowest BCUT2D eigenvalue weighted by Crippen LogP contribution is -2.44. The van der Waals surface area contributed by atoms with Crippen LogP contribution in [0.25, 0.3) is 0 Å². The molecule has 1 N–H and O–H groups in total. The maximum atomic E-state index is 10.4. The molecule has 0 amide bonds. The Morgan fingerprint density at radius 2 is 2.07 bits per heavy atom. The van der Waals surface area contributed by atoms with Crippen LogP contribution in [-0.2, 0) is 4.79 Å². The van der Waals surface area contributed by atoms with Gasteiger partial charge in [-0.05, 0) is 32.7 Å². The Morgan fingerprint density at radius 1 is 1.47 bits per heavy atom. The summed E-state index contributed by atoms with van der Waals surface area (Å²) in [7, 11) is 2.10. The highest BCUT2D eigenvalue weighted by molar-refractivity contribution is 6.04. The van der Waals surface area contributed by atoms with Crippen LogP contribution in [0.3, 0.4) is 0 Å². The largest absolute Gasteiger partial charge is 0.481 e. The van der Waals surface area contributed by atoms with Crippen LogP contribution in [0.15, 0.2) is 0 Å². The van der Waals surface area contributed by atoms with Gasteiger partial charge >= 0.3 is 5.97 Å². The smallest absolute Gasteiger partial charge is 0.303 e. The van der Waals surface area contributed by atoms with E-state index in [9.17, 15) is 4.79 Å². The fraction of sp³-hybridized carbons (Fsp3) is 0.909. The lowest BCUT2D eigenvalue weighted by molar-refractivity contribution is -0.137. The van der Waals surface area contributed by atoms with Crippen LogP contribution in [0.2, 0.25) is 0 Å². The van der Waals surface area contributed by atoms with E-state index in [1.54, 1.807) is 0 Å². The van der Waals surface area contributed by atoms with Crippen molar-refractivity contribution in [3.63, 3.8) is 0 Å². The van der Waals surface area contributed by atoms with Gasteiger partial charge in [0.15, 0.2) is 7.98 Å². The molecule has 0 bridgehead atoms. The molecule has 0 spiro atoms. The van der Waals surface area contributed by atoms with Crippen molar-refractivity contribution in [3.05, 3.63) is 0 Å². The monoisotopic (exact) mass is 213 g/mol.